The van der Waals surface area contributed by atoms with Crippen molar-refractivity contribution in [1.82, 2.24) is 0 Å². The lowest BCUT2D eigenvalue weighted by Gasteiger charge is -2.42. The van der Waals surface area contributed by atoms with E-state index in [0.29, 0.717) is 17.4 Å². The minimum atomic E-state index is -0.557. The molecule has 4 aliphatic carbocycles. The van der Waals surface area contributed by atoms with Crippen LogP contribution in [0.15, 0.2) is 42.5 Å². The minimum Gasteiger partial charge on any atom is -0.462 e. The molecule has 5 rings (SSSR count). The normalized spacial score (nSPS) is 32.9. The SMILES string of the molecule is CC[C@H](C)OC(=O)[C@@H]1[C@H]2C=C[C@@H]([C@@H]3C[C@@H]23)[C@H]1C(=O)OCC(=O)c1ccccc1. The molecule has 0 aliphatic heterocycles. The van der Waals surface area contributed by atoms with Crippen LogP contribution >= 0.6 is 0 Å². The second-order valence-electron chi connectivity index (χ2n) is 8.21. The van der Waals surface area contributed by atoms with E-state index in [2.05, 4.69) is 12.2 Å². The lowest BCUT2D eigenvalue weighted by Crippen LogP contribution is -2.48. The van der Waals surface area contributed by atoms with E-state index in [9.17, 15) is 14.4 Å². The van der Waals surface area contributed by atoms with Gasteiger partial charge in [0.1, 0.15) is 0 Å². The maximum absolute atomic E-state index is 12.9. The van der Waals surface area contributed by atoms with E-state index in [0.717, 1.165) is 12.8 Å². The summed E-state index contributed by atoms with van der Waals surface area (Å²) in [5, 5.41) is 0. The van der Waals surface area contributed by atoms with Crippen LogP contribution in [0.1, 0.15) is 37.0 Å². The van der Waals surface area contributed by atoms with Crippen LogP contribution in [-0.4, -0.2) is 30.4 Å². The predicted molar refractivity (Wildman–Crippen MR) is 102 cm³/mol. The topological polar surface area (TPSA) is 69.7 Å². The summed E-state index contributed by atoms with van der Waals surface area (Å²) in [7, 11) is 0. The summed E-state index contributed by atoms with van der Waals surface area (Å²) in [5.41, 5.74) is 0.510. The molecule has 0 amide bonds. The molecule has 0 saturated heterocycles. The van der Waals surface area contributed by atoms with Gasteiger partial charge in [0, 0.05) is 5.56 Å². The van der Waals surface area contributed by atoms with E-state index in [1.807, 2.05) is 19.9 Å². The van der Waals surface area contributed by atoms with Crippen LogP contribution < -0.4 is 0 Å². The Morgan fingerprint density at radius 1 is 1.00 bits per heavy atom. The van der Waals surface area contributed by atoms with Crippen LogP contribution in [0.2, 0.25) is 0 Å². The molecule has 148 valence electrons. The van der Waals surface area contributed by atoms with Crippen molar-refractivity contribution < 1.29 is 23.9 Å². The maximum Gasteiger partial charge on any atom is 0.310 e. The standard InChI is InChI=1S/C23H26O5/c1-3-13(2)28-23(26)21-16-10-9-15(17-11-18(16)17)20(21)22(25)27-12-19(24)14-7-5-4-6-8-14/h4-10,13,15-18,20-21H,3,11-12H2,1-2H3/t13-,15-,16-,17-,18-,20+,21+/m0/s1. The first-order chi connectivity index (χ1) is 13.5. The quantitative estimate of drug-likeness (QED) is 0.410. The Kier molecular flexibility index (Phi) is 5.09. The first-order valence-electron chi connectivity index (χ1n) is 10.1. The van der Waals surface area contributed by atoms with Crippen LogP contribution in [0.3, 0.4) is 0 Å². The number of rotatable bonds is 7. The molecular formula is C23H26O5. The molecule has 1 aromatic carbocycles. The van der Waals surface area contributed by atoms with E-state index in [4.69, 9.17) is 9.47 Å². The van der Waals surface area contributed by atoms with E-state index in [1.165, 1.54) is 0 Å². The van der Waals surface area contributed by atoms with E-state index >= 15 is 0 Å². The van der Waals surface area contributed by atoms with Crippen molar-refractivity contribution in [3.05, 3.63) is 48.0 Å². The third-order valence-corrected chi connectivity index (χ3v) is 6.53. The molecule has 2 fully saturated rings. The van der Waals surface area contributed by atoms with Gasteiger partial charge in [-0.2, -0.15) is 0 Å². The van der Waals surface area contributed by atoms with Gasteiger partial charge >= 0.3 is 11.9 Å². The third kappa shape index (κ3) is 3.38. The summed E-state index contributed by atoms with van der Waals surface area (Å²) in [5.74, 6) is -1.11. The molecule has 28 heavy (non-hydrogen) atoms. The van der Waals surface area contributed by atoms with Crippen molar-refractivity contribution in [2.45, 2.75) is 32.8 Å². The summed E-state index contributed by atoms with van der Waals surface area (Å²) >= 11 is 0. The number of Topliss-reactive ketones (excluding diaryl/α,β-unsaturated/α-hetero) is 1. The average molecular weight is 382 g/mol. The van der Waals surface area contributed by atoms with Gasteiger partial charge in [0.05, 0.1) is 17.9 Å². The van der Waals surface area contributed by atoms with Crippen molar-refractivity contribution in [1.29, 1.82) is 0 Å². The van der Waals surface area contributed by atoms with Crippen LogP contribution in [-0.2, 0) is 19.1 Å². The first-order valence-corrected chi connectivity index (χ1v) is 10.1. The fourth-order valence-corrected chi connectivity index (χ4v) is 4.82. The summed E-state index contributed by atoms with van der Waals surface area (Å²) < 4.78 is 11.0. The largest absolute Gasteiger partial charge is 0.462 e. The maximum atomic E-state index is 12.9. The zero-order valence-electron chi connectivity index (χ0n) is 16.2. The fraction of sp³-hybridized carbons (Fsp3) is 0.522. The zero-order chi connectivity index (χ0) is 19.8. The molecule has 5 heteroatoms. The Morgan fingerprint density at radius 3 is 2.21 bits per heavy atom. The smallest absolute Gasteiger partial charge is 0.310 e. The molecule has 0 heterocycles. The Labute approximate surface area is 165 Å². The predicted octanol–water partition coefficient (Wildman–Crippen LogP) is 3.44. The van der Waals surface area contributed by atoms with Crippen molar-refractivity contribution in [3.63, 3.8) is 0 Å². The number of fused-ring (bicyclic) bond motifs is 1. The molecule has 0 aromatic heterocycles. The highest BCUT2D eigenvalue weighted by molar-refractivity contribution is 5.98. The number of carbonyl (C=O) groups is 3. The molecule has 2 bridgehead atoms. The van der Waals surface area contributed by atoms with E-state index in [-0.39, 0.29) is 36.3 Å². The number of allylic oxidation sites excluding steroid dienone is 2. The monoisotopic (exact) mass is 382 g/mol. The van der Waals surface area contributed by atoms with Gasteiger partial charge in [-0.1, -0.05) is 49.4 Å². The molecule has 4 aliphatic rings. The second kappa shape index (κ2) is 7.53. The minimum absolute atomic E-state index is 0.00353. The van der Waals surface area contributed by atoms with Crippen LogP contribution in [0, 0.1) is 35.5 Å². The van der Waals surface area contributed by atoms with Crippen molar-refractivity contribution in [2.75, 3.05) is 6.61 Å². The van der Waals surface area contributed by atoms with Crippen LogP contribution in [0.25, 0.3) is 0 Å². The highest BCUT2D eigenvalue weighted by Gasteiger charge is 2.63. The summed E-state index contributed by atoms with van der Waals surface area (Å²) in [6.45, 7) is 3.52. The lowest BCUT2D eigenvalue weighted by atomic mass is 9.62. The van der Waals surface area contributed by atoms with Gasteiger partial charge in [0.2, 0.25) is 0 Å². The fourth-order valence-electron chi connectivity index (χ4n) is 4.82. The summed E-state index contributed by atoms with van der Waals surface area (Å²) in [6.07, 6.45) is 5.75. The van der Waals surface area contributed by atoms with E-state index < -0.39 is 17.8 Å². The van der Waals surface area contributed by atoms with Gasteiger partial charge in [-0.05, 0) is 43.4 Å². The first kappa shape index (κ1) is 18.9. The number of carbonyl (C=O) groups excluding carboxylic acids is 3. The summed E-state index contributed by atoms with van der Waals surface area (Å²) in [6, 6.07) is 8.76. The van der Waals surface area contributed by atoms with Crippen molar-refractivity contribution in [2.24, 2.45) is 35.5 Å². The van der Waals surface area contributed by atoms with Crippen molar-refractivity contribution in [3.8, 4) is 0 Å². The number of benzene rings is 1. The van der Waals surface area contributed by atoms with Gasteiger partial charge in [0.25, 0.3) is 0 Å². The van der Waals surface area contributed by atoms with Gasteiger partial charge < -0.3 is 9.47 Å². The highest BCUT2D eigenvalue weighted by Crippen LogP contribution is 2.63. The Morgan fingerprint density at radius 2 is 1.61 bits per heavy atom. The van der Waals surface area contributed by atoms with Crippen molar-refractivity contribution >= 4 is 17.7 Å². The Balaban J connectivity index is 1.47. The zero-order valence-corrected chi connectivity index (χ0v) is 16.2. The molecule has 0 spiro atoms. The second-order valence-corrected chi connectivity index (χ2v) is 8.21. The molecule has 1 aromatic rings. The van der Waals surface area contributed by atoms with Gasteiger partial charge in [-0.3, -0.25) is 14.4 Å². The molecular weight excluding hydrogens is 356 g/mol. The van der Waals surface area contributed by atoms with Gasteiger partial charge in [0.15, 0.2) is 12.4 Å². The Bertz CT molecular complexity index is 798. The highest BCUT2D eigenvalue weighted by atomic mass is 16.5. The molecule has 0 radical (unpaired) electrons. The average Bonchev–Trinajstić information content (AvgIpc) is 3.54. The Hall–Kier alpha value is -2.43. The van der Waals surface area contributed by atoms with Crippen LogP contribution in [0.4, 0.5) is 0 Å². The molecule has 2 saturated carbocycles. The molecule has 0 N–H and O–H groups in total. The molecule has 5 nitrogen and oxygen atoms in total. The molecule has 7 atom stereocenters. The number of hydrogen-bond donors (Lipinski definition) is 0. The summed E-state index contributed by atoms with van der Waals surface area (Å²) in [4.78, 5) is 38.1. The van der Waals surface area contributed by atoms with Gasteiger partial charge in [-0.15, -0.1) is 0 Å². The van der Waals surface area contributed by atoms with E-state index in [1.54, 1.807) is 24.3 Å². The third-order valence-electron chi connectivity index (χ3n) is 6.53. The number of hydrogen-bond acceptors (Lipinski definition) is 5. The number of ether oxygens (including phenoxy) is 2. The molecule has 0 unspecified atom stereocenters. The number of esters is 2. The lowest BCUT2D eigenvalue weighted by molar-refractivity contribution is -0.170. The van der Waals surface area contributed by atoms with Crippen LogP contribution in [0.5, 0.6) is 0 Å². The number of ketones is 1. The van der Waals surface area contributed by atoms with Gasteiger partial charge in [-0.25, -0.2) is 0 Å².